The lowest BCUT2D eigenvalue weighted by Crippen LogP contribution is -2.44. The first-order chi connectivity index (χ1) is 16.1. The lowest BCUT2D eigenvalue weighted by Gasteiger charge is -2.38. The molecule has 3 aromatic rings. The number of aryl methyl sites for hydroxylation is 1. The molecule has 0 radical (unpaired) electrons. The molecule has 1 saturated heterocycles. The van der Waals surface area contributed by atoms with Crippen LogP contribution in [0.1, 0.15) is 60.5 Å². The molecule has 3 aliphatic rings. The van der Waals surface area contributed by atoms with E-state index in [0.717, 1.165) is 35.4 Å². The minimum atomic E-state index is -0.251. The van der Waals surface area contributed by atoms with Gasteiger partial charge in [0.2, 0.25) is 0 Å². The third-order valence-corrected chi connectivity index (χ3v) is 8.11. The number of carbonyl (C=O) groups is 1. The number of methoxy groups -OCH3 is 1. The lowest BCUT2D eigenvalue weighted by molar-refractivity contribution is -0.130. The summed E-state index contributed by atoms with van der Waals surface area (Å²) in [4.78, 5) is 21.7. The quantitative estimate of drug-likeness (QED) is 0.543. The Labute approximate surface area is 199 Å². The first-order valence-corrected chi connectivity index (χ1v) is 12.4. The number of benzene rings is 2. The zero-order valence-electron chi connectivity index (χ0n) is 19.1. The van der Waals surface area contributed by atoms with Crippen molar-refractivity contribution in [2.75, 3.05) is 7.11 Å². The number of nitrogens with one attached hydrogen (secondary N) is 1. The Morgan fingerprint density at radius 3 is 2.55 bits per heavy atom. The SMILES string of the molecule is COc1ccc([C@H]2c3[nH]c4ccc(C)cc4c3C[C@@H]3C(=O)N(C4CCCCC4)C(=S)N23)cc1. The van der Waals surface area contributed by atoms with Crippen LogP contribution in [0.5, 0.6) is 5.75 Å². The van der Waals surface area contributed by atoms with Gasteiger partial charge in [0, 0.05) is 29.1 Å². The Morgan fingerprint density at radius 1 is 1.06 bits per heavy atom. The molecule has 33 heavy (non-hydrogen) atoms. The minimum Gasteiger partial charge on any atom is -0.497 e. The van der Waals surface area contributed by atoms with Crippen LogP contribution < -0.4 is 4.74 Å². The summed E-state index contributed by atoms with van der Waals surface area (Å²) in [7, 11) is 1.68. The number of amides is 1. The van der Waals surface area contributed by atoms with Crippen LogP contribution in [0.4, 0.5) is 0 Å². The van der Waals surface area contributed by atoms with Gasteiger partial charge < -0.3 is 14.6 Å². The molecule has 3 heterocycles. The molecule has 1 N–H and O–H groups in total. The number of carbonyl (C=O) groups excluding carboxylic acids is 1. The Hall–Kier alpha value is -2.86. The van der Waals surface area contributed by atoms with Gasteiger partial charge >= 0.3 is 0 Å². The van der Waals surface area contributed by atoms with Crippen LogP contribution in [0.25, 0.3) is 10.9 Å². The first kappa shape index (κ1) is 20.7. The Balaban J connectivity index is 1.50. The Morgan fingerprint density at radius 2 is 1.82 bits per heavy atom. The zero-order chi connectivity index (χ0) is 22.7. The fourth-order valence-electron chi connectivity index (χ4n) is 6.06. The van der Waals surface area contributed by atoms with Gasteiger partial charge in [0.1, 0.15) is 11.8 Å². The normalized spacial score (nSPS) is 23.2. The number of nitrogens with zero attached hydrogens (tertiary/aromatic N) is 2. The molecule has 1 aromatic heterocycles. The van der Waals surface area contributed by atoms with Crippen LogP contribution in [-0.2, 0) is 11.2 Å². The molecule has 2 aromatic carbocycles. The van der Waals surface area contributed by atoms with Gasteiger partial charge in [-0.3, -0.25) is 9.69 Å². The number of thiocarbonyl (C=S) groups is 1. The van der Waals surface area contributed by atoms with Crippen molar-refractivity contribution in [3.05, 3.63) is 64.8 Å². The second-order valence-corrected chi connectivity index (χ2v) is 10.0. The van der Waals surface area contributed by atoms with E-state index in [9.17, 15) is 4.79 Å². The number of ether oxygens (including phenoxy) is 1. The Kier molecular flexibility index (Phi) is 4.94. The van der Waals surface area contributed by atoms with Crippen LogP contribution in [-0.4, -0.2) is 45.0 Å². The monoisotopic (exact) mass is 459 g/mol. The summed E-state index contributed by atoms with van der Waals surface area (Å²) in [6.07, 6.45) is 6.38. The van der Waals surface area contributed by atoms with Crippen LogP contribution >= 0.6 is 12.2 Å². The third kappa shape index (κ3) is 3.18. The molecule has 0 unspecified atom stereocenters. The van der Waals surface area contributed by atoms with Crippen molar-refractivity contribution in [1.29, 1.82) is 0 Å². The first-order valence-electron chi connectivity index (χ1n) is 12.0. The van der Waals surface area contributed by atoms with Gasteiger partial charge in [0.25, 0.3) is 5.91 Å². The van der Waals surface area contributed by atoms with Crippen LogP contribution in [0.3, 0.4) is 0 Å². The molecule has 2 fully saturated rings. The topological polar surface area (TPSA) is 48.6 Å². The van der Waals surface area contributed by atoms with Gasteiger partial charge in [-0.05, 0) is 67.4 Å². The minimum absolute atomic E-state index is 0.123. The number of hydrogen-bond acceptors (Lipinski definition) is 3. The summed E-state index contributed by atoms with van der Waals surface area (Å²) in [5.74, 6) is 1.00. The summed E-state index contributed by atoms with van der Waals surface area (Å²) in [6, 6.07) is 14.6. The van der Waals surface area contributed by atoms with Gasteiger partial charge in [0.15, 0.2) is 5.11 Å². The number of hydrogen-bond donors (Lipinski definition) is 1. The maximum atomic E-state index is 13.8. The standard InChI is InChI=1S/C27H29N3O2S/c1-16-8-13-22-20(14-16)21-15-23-26(31)29(18-6-4-3-5-7-18)27(33)30(23)25(24(21)28-22)17-9-11-19(32-2)12-10-17/h8-14,18,23,25,28H,3-7,15H2,1-2H3/t23-,25+/m1/s1. The van der Waals surface area contributed by atoms with Crippen molar-refractivity contribution in [1.82, 2.24) is 14.8 Å². The van der Waals surface area contributed by atoms with Crippen molar-refractivity contribution in [3.63, 3.8) is 0 Å². The molecule has 2 atom stereocenters. The molecule has 6 heteroatoms. The second-order valence-electron chi connectivity index (χ2n) is 9.65. The van der Waals surface area contributed by atoms with E-state index in [0.29, 0.717) is 11.5 Å². The van der Waals surface area contributed by atoms with Crippen molar-refractivity contribution in [2.24, 2.45) is 0 Å². The van der Waals surface area contributed by atoms with Crippen molar-refractivity contribution in [3.8, 4) is 5.75 Å². The van der Waals surface area contributed by atoms with Gasteiger partial charge in [-0.1, -0.05) is 43.0 Å². The molecular formula is C27H29N3O2S. The second kappa shape index (κ2) is 7.87. The van der Waals surface area contributed by atoms with Crippen LogP contribution in [0.15, 0.2) is 42.5 Å². The average Bonchev–Trinajstić information content (AvgIpc) is 3.32. The highest BCUT2D eigenvalue weighted by Gasteiger charge is 2.52. The molecule has 1 amide bonds. The van der Waals surface area contributed by atoms with Gasteiger partial charge in [-0.25, -0.2) is 0 Å². The third-order valence-electron chi connectivity index (χ3n) is 7.70. The highest BCUT2D eigenvalue weighted by atomic mass is 32.1. The molecule has 170 valence electrons. The average molecular weight is 460 g/mol. The van der Waals surface area contributed by atoms with Crippen LogP contribution in [0.2, 0.25) is 0 Å². The number of aromatic nitrogens is 1. The van der Waals surface area contributed by atoms with E-state index >= 15 is 0 Å². The predicted octanol–water partition coefficient (Wildman–Crippen LogP) is 5.26. The van der Waals surface area contributed by atoms with E-state index in [1.165, 1.54) is 35.8 Å². The fraction of sp³-hybridized carbons (Fsp3) is 0.407. The predicted molar refractivity (Wildman–Crippen MR) is 134 cm³/mol. The summed E-state index contributed by atoms with van der Waals surface area (Å²) in [6.45, 7) is 2.12. The van der Waals surface area contributed by atoms with Crippen molar-refractivity contribution < 1.29 is 9.53 Å². The van der Waals surface area contributed by atoms with Crippen LogP contribution in [0, 0.1) is 6.92 Å². The van der Waals surface area contributed by atoms with E-state index in [-0.39, 0.29) is 24.0 Å². The largest absolute Gasteiger partial charge is 0.497 e. The molecule has 2 aliphatic heterocycles. The summed E-state index contributed by atoms with van der Waals surface area (Å²) >= 11 is 6.04. The maximum Gasteiger partial charge on any atom is 0.252 e. The fourth-order valence-corrected chi connectivity index (χ4v) is 6.54. The molecule has 1 saturated carbocycles. The number of H-pyrrole nitrogens is 1. The molecular weight excluding hydrogens is 430 g/mol. The smallest absolute Gasteiger partial charge is 0.252 e. The maximum absolute atomic E-state index is 13.8. The lowest BCUT2D eigenvalue weighted by atomic mass is 9.88. The summed E-state index contributed by atoms with van der Waals surface area (Å²) in [5, 5.41) is 1.91. The van der Waals surface area contributed by atoms with E-state index in [2.05, 4.69) is 47.1 Å². The molecule has 0 bridgehead atoms. The van der Waals surface area contributed by atoms with Crippen molar-refractivity contribution >= 4 is 34.1 Å². The number of aromatic amines is 1. The molecule has 1 aliphatic carbocycles. The summed E-state index contributed by atoms with van der Waals surface area (Å²) < 4.78 is 5.40. The summed E-state index contributed by atoms with van der Waals surface area (Å²) in [5.41, 5.74) is 5.86. The van der Waals surface area contributed by atoms with Gasteiger partial charge in [0.05, 0.1) is 13.2 Å². The van der Waals surface area contributed by atoms with Crippen molar-refractivity contribution in [2.45, 2.75) is 63.6 Å². The molecule has 6 rings (SSSR count). The van der Waals surface area contributed by atoms with E-state index in [1.54, 1.807) is 7.11 Å². The zero-order valence-corrected chi connectivity index (χ0v) is 20.0. The number of rotatable bonds is 3. The molecule has 0 spiro atoms. The number of fused-ring (bicyclic) bond motifs is 4. The van der Waals surface area contributed by atoms with E-state index < -0.39 is 0 Å². The van der Waals surface area contributed by atoms with Gasteiger partial charge in [-0.2, -0.15) is 0 Å². The molecule has 5 nitrogen and oxygen atoms in total. The van der Waals surface area contributed by atoms with Gasteiger partial charge in [-0.15, -0.1) is 0 Å². The van der Waals surface area contributed by atoms with E-state index in [1.807, 2.05) is 17.0 Å². The highest BCUT2D eigenvalue weighted by molar-refractivity contribution is 7.80. The highest BCUT2D eigenvalue weighted by Crippen LogP contribution is 2.45. The van der Waals surface area contributed by atoms with E-state index in [4.69, 9.17) is 17.0 Å². The Bertz CT molecular complexity index is 1240.